The standard InChI is InChI=1S/C24H19N5O6/c30-24(31)18(19-14-25-20-9-5-4-8-17(19)20)13-22(15-6-2-1-3-7-15)27-26-21-11-10-16(28(32)33)12-23(21)29(34)35/h1-12,14,18,25-26H,13H2,(H,30,31)/t18-/m0/s1. The van der Waals surface area contributed by atoms with Crippen LogP contribution in [0.15, 0.2) is 84.1 Å². The first-order valence-corrected chi connectivity index (χ1v) is 10.4. The number of carboxylic acids is 1. The Morgan fingerprint density at radius 2 is 1.71 bits per heavy atom. The number of nitro groups is 2. The van der Waals surface area contributed by atoms with Crippen molar-refractivity contribution in [1.29, 1.82) is 0 Å². The van der Waals surface area contributed by atoms with Crippen molar-refractivity contribution < 1.29 is 19.7 Å². The lowest BCUT2D eigenvalue weighted by Crippen LogP contribution is -2.18. The van der Waals surface area contributed by atoms with Crippen molar-refractivity contribution in [3.63, 3.8) is 0 Å². The molecule has 1 aromatic heterocycles. The molecule has 0 amide bonds. The molecule has 35 heavy (non-hydrogen) atoms. The summed E-state index contributed by atoms with van der Waals surface area (Å²) in [6.07, 6.45) is 1.63. The molecular weight excluding hydrogens is 454 g/mol. The van der Waals surface area contributed by atoms with Crippen molar-refractivity contribution in [3.05, 3.63) is 110 Å². The molecule has 0 aliphatic heterocycles. The number of aromatic nitrogens is 1. The van der Waals surface area contributed by atoms with Gasteiger partial charge in [-0.25, -0.2) is 0 Å². The Kier molecular flexibility index (Phi) is 6.49. The van der Waals surface area contributed by atoms with Crippen LogP contribution in [-0.4, -0.2) is 31.6 Å². The van der Waals surface area contributed by atoms with Crippen LogP contribution in [0.1, 0.15) is 23.5 Å². The number of hydrogen-bond acceptors (Lipinski definition) is 7. The number of carbonyl (C=O) groups is 1. The average Bonchev–Trinajstić information content (AvgIpc) is 3.28. The van der Waals surface area contributed by atoms with E-state index in [1.54, 1.807) is 36.5 Å². The van der Waals surface area contributed by atoms with E-state index in [0.29, 0.717) is 16.8 Å². The second kappa shape index (κ2) is 9.83. The second-order valence-corrected chi connectivity index (χ2v) is 7.64. The van der Waals surface area contributed by atoms with Crippen molar-refractivity contribution >= 4 is 39.6 Å². The number of anilines is 1. The summed E-state index contributed by atoms with van der Waals surface area (Å²) in [4.78, 5) is 36.4. The van der Waals surface area contributed by atoms with Crippen LogP contribution in [0.5, 0.6) is 0 Å². The highest BCUT2D eigenvalue weighted by molar-refractivity contribution is 6.04. The molecule has 4 rings (SSSR count). The predicted octanol–water partition coefficient (Wildman–Crippen LogP) is 5.06. The number of carboxylic acid groups (broad SMARTS) is 1. The number of non-ortho nitro benzene ring substituents is 1. The van der Waals surface area contributed by atoms with Gasteiger partial charge in [0.1, 0.15) is 5.69 Å². The normalized spacial score (nSPS) is 12.3. The Labute approximate surface area is 198 Å². The second-order valence-electron chi connectivity index (χ2n) is 7.64. The van der Waals surface area contributed by atoms with E-state index >= 15 is 0 Å². The Bertz CT molecular complexity index is 1450. The first-order chi connectivity index (χ1) is 16.8. The van der Waals surface area contributed by atoms with E-state index in [2.05, 4.69) is 15.5 Å². The van der Waals surface area contributed by atoms with E-state index in [-0.39, 0.29) is 12.1 Å². The lowest BCUT2D eigenvalue weighted by atomic mass is 9.91. The Balaban J connectivity index is 1.74. The van der Waals surface area contributed by atoms with Crippen LogP contribution in [0.25, 0.3) is 10.9 Å². The van der Waals surface area contributed by atoms with Crippen LogP contribution in [-0.2, 0) is 4.79 Å². The van der Waals surface area contributed by atoms with Gasteiger partial charge < -0.3 is 10.1 Å². The number of benzene rings is 3. The van der Waals surface area contributed by atoms with Crippen molar-refractivity contribution in [3.8, 4) is 0 Å². The smallest absolute Gasteiger partial charge is 0.311 e. The maximum Gasteiger partial charge on any atom is 0.311 e. The topological polar surface area (TPSA) is 164 Å². The van der Waals surface area contributed by atoms with Gasteiger partial charge in [0.15, 0.2) is 0 Å². The van der Waals surface area contributed by atoms with Crippen LogP contribution in [0.2, 0.25) is 0 Å². The minimum atomic E-state index is -1.06. The molecule has 1 atom stereocenters. The highest BCUT2D eigenvalue weighted by Crippen LogP contribution is 2.31. The number of hydrazone groups is 1. The first-order valence-electron chi connectivity index (χ1n) is 10.4. The summed E-state index contributed by atoms with van der Waals surface area (Å²) in [6, 6.07) is 19.3. The maximum atomic E-state index is 12.3. The zero-order valence-electron chi connectivity index (χ0n) is 18.1. The fraction of sp³-hybridized carbons (Fsp3) is 0.0833. The summed E-state index contributed by atoms with van der Waals surface area (Å²) in [5.74, 6) is -2.02. The molecule has 3 aromatic carbocycles. The SMILES string of the molecule is O=C(O)[C@@H](CC(=NNc1ccc([N+](=O)[O-])cc1[N+](=O)[O-])c1ccccc1)c1c[nH]c2ccccc12. The van der Waals surface area contributed by atoms with Crippen molar-refractivity contribution in [2.75, 3.05) is 5.43 Å². The van der Waals surface area contributed by atoms with Gasteiger partial charge in [0.25, 0.3) is 5.69 Å². The van der Waals surface area contributed by atoms with Gasteiger partial charge in [-0.3, -0.25) is 30.4 Å². The molecule has 0 spiro atoms. The van der Waals surface area contributed by atoms with E-state index in [4.69, 9.17) is 0 Å². The molecule has 3 N–H and O–H groups in total. The molecular formula is C24H19N5O6. The monoisotopic (exact) mass is 473 g/mol. The van der Waals surface area contributed by atoms with Gasteiger partial charge in [0, 0.05) is 29.6 Å². The Morgan fingerprint density at radius 1 is 1.00 bits per heavy atom. The Morgan fingerprint density at radius 3 is 2.40 bits per heavy atom. The number of nitrogens with one attached hydrogen (secondary N) is 2. The van der Waals surface area contributed by atoms with Crippen molar-refractivity contribution in [1.82, 2.24) is 4.98 Å². The zero-order valence-corrected chi connectivity index (χ0v) is 18.1. The van der Waals surface area contributed by atoms with Gasteiger partial charge in [0.05, 0.1) is 27.5 Å². The molecule has 0 radical (unpaired) electrons. The molecule has 0 aliphatic rings. The third-order valence-corrected chi connectivity index (χ3v) is 5.50. The number of hydrogen-bond donors (Lipinski definition) is 3. The molecule has 4 aromatic rings. The summed E-state index contributed by atoms with van der Waals surface area (Å²) in [6.45, 7) is 0. The molecule has 0 fully saturated rings. The van der Waals surface area contributed by atoms with Crippen molar-refractivity contribution in [2.45, 2.75) is 12.3 Å². The fourth-order valence-corrected chi connectivity index (χ4v) is 3.77. The number of fused-ring (bicyclic) bond motifs is 1. The van der Waals surface area contributed by atoms with Crippen LogP contribution in [0, 0.1) is 20.2 Å². The molecule has 0 bridgehead atoms. The maximum absolute atomic E-state index is 12.3. The largest absolute Gasteiger partial charge is 0.481 e. The van der Waals surface area contributed by atoms with Gasteiger partial charge >= 0.3 is 11.7 Å². The third kappa shape index (κ3) is 4.98. The lowest BCUT2D eigenvalue weighted by molar-refractivity contribution is -0.393. The summed E-state index contributed by atoms with van der Waals surface area (Å²) < 4.78 is 0. The van der Waals surface area contributed by atoms with E-state index in [1.807, 2.05) is 24.3 Å². The fourth-order valence-electron chi connectivity index (χ4n) is 3.77. The highest BCUT2D eigenvalue weighted by Gasteiger charge is 2.26. The van der Waals surface area contributed by atoms with Crippen molar-refractivity contribution in [2.24, 2.45) is 5.10 Å². The van der Waals surface area contributed by atoms with E-state index in [1.165, 1.54) is 6.07 Å². The van der Waals surface area contributed by atoms with Crippen LogP contribution >= 0.6 is 0 Å². The number of aliphatic carboxylic acids is 1. The van der Waals surface area contributed by atoms with Gasteiger partial charge in [-0.2, -0.15) is 5.10 Å². The average molecular weight is 473 g/mol. The number of nitro benzene ring substituents is 2. The summed E-state index contributed by atoms with van der Waals surface area (Å²) in [5, 5.41) is 37.6. The molecule has 11 heteroatoms. The molecule has 1 heterocycles. The van der Waals surface area contributed by atoms with E-state index < -0.39 is 33.1 Å². The molecule has 0 saturated carbocycles. The summed E-state index contributed by atoms with van der Waals surface area (Å²) in [7, 11) is 0. The minimum Gasteiger partial charge on any atom is -0.481 e. The molecule has 11 nitrogen and oxygen atoms in total. The van der Waals surface area contributed by atoms with Crippen LogP contribution < -0.4 is 5.43 Å². The number of rotatable bonds is 9. The quantitative estimate of drug-likeness (QED) is 0.174. The predicted molar refractivity (Wildman–Crippen MR) is 130 cm³/mol. The lowest BCUT2D eigenvalue weighted by Gasteiger charge is -2.15. The number of nitrogens with zero attached hydrogens (tertiary/aromatic N) is 3. The number of para-hydroxylation sites is 1. The summed E-state index contributed by atoms with van der Waals surface area (Å²) >= 11 is 0. The van der Waals surface area contributed by atoms with E-state index in [0.717, 1.165) is 23.0 Å². The zero-order chi connectivity index (χ0) is 24.9. The third-order valence-electron chi connectivity index (χ3n) is 5.50. The summed E-state index contributed by atoms with van der Waals surface area (Å²) in [5.41, 5.74) is 3.93. The van der Waals surface area contributed by atoms with Gasteiger partial charge in [0.2, 0.25) is 0 Å². The van der Waals surface area contributed by atoms with Crippen LogP contribution in [0.4, 0.5) is 17.1 Å². The number of aromatic amines is 1. The molecule has 0 aliphatic carbocycles. The van der Waals surface area contributed by atoms with Gasteiger partial charge in [-0.1, -0.05) is 48.5 Å². The molecule has 0 saturated heterocycles. The van der Waals surface area contributed by atoms with Gasteiger partial charge in [-0.05, 0) is 23.3 Å². The molecule has 176 valence electrons. The van der Waals surface area contributed by atoms with E-state index in [9.17, 15) is 30.1 Å². The Hall–Kier alpha value is -5.06. The highest BCUT2D eigenvalue weighted by atomic mass is 16.6. The molecule has 0 unspecified atom stereocenters. The first kappa shape index (κ1) is 23.1. The van der Waals surface area contributed by atoms with Gasteiger partial charge in [-0.15, -0.1) is 0 Å². The minimum absolute atomic E-state index is 0.0189. The van der Waals surface area contributed by atoms with Crippen LogP contribution in [0.3, 0.4) is 0 Å². The number of H-pyrrole nitrogens is 1.